The molecule has 0 spiro atoms. The van der Waals surface area contributed by atoms with Crippen molar-refractivity contribution < 1.29 is 19.6 Å². The van der Waals surface area contributed by atoms with Crippen LogP contribution in [0.25, 0.3) is 0 Å². The Morgan fingerprint density at radius 3 is 2.23 bits per heavy atom. The number of carboxylic acids is 1. The number of nitro benzene ring substituents is 1. The highest BCUT2D eigenvalue weighted by Gasteiger charge is 2.17. The molecule has 0 aliphatic carbocycles. The number of aromatic carboxylic acids is 1. The van der Waals surface area contributed by atoms with E-state index < -0.39 is 16.8 Å². The number of nitrogens with zero attached hydrogens (tertiary/aromatic N) is 1. The van der Waals surface area contributed by atoms with Crippen molar-refractivity contribution in [2.24, 2.45) is 0 Å². The third-order valence-corrected chi connectivity index (χ3v) is 2.81. The molecule has 2 aromatic rings. The molecule has 0 aromatic heterocycles. The molecule has 0 aliphatic rings. The number of hydrogen-bond acceptors (Lipinski definition) is 5. The van der Waals surface area contributed by atoms with Crippen LogP contribution in [0.5, 0.6) is 0 Å². The van der Waals surface area contributed by atoms with Crippen LogP contribution in [-0.2, 0) is 0 Å². The van der Waals surface area contributed by atoms with Crippen molar-refractivity contribution in [2.75, 3.05) is 5.43 Å². The van der Waals surface area contributed by atoms with Crippen LogP contribution in [0.2, 0.25) is 0 Å². The van der Waals surface area contributed by atoms with Crippen molar-refractivity contribution >= 4 is 23.3 Å². The monoisotopic (exact) mass is 301 g/mol. The van der Waals surface area contributed by atoms with Crippen LogP contribution in [0, 0.1) is 10.1 Å². The fourth-order valence-corrected chi connectivity index (χ4v) is 1.80. The third kappa shape index (κ3) is 3.18. The lowest BCUT2D eigenvalue weighted by molar-refractivity contribution is -0.384. The number of nitrogens with one attached hydrogen (secondary N) is 2. The first-order chi connectivity index (χ1) is 10.5. The lowest BCUT2D eigenvalue weighted by Crippen LogP contribution is -2.31. The van der Waals surface area contributed by atoms with Crippen molar-refractivity contribution in [1.82, 2.24) is 5.43 Å². The number of carbonyl (C=O) groups is 2. The fourth-order valence-electron chi connectivity index (χ4n) is 1.80. The van der Waals surface area contributed by atoms with Gasteiger partial charge in [-0.3, -0.25) is 25.8 Å². The molecule has 0 bridgehead atoms. The Morgan fingerprint density at radius 1 is 1.00 bits per heavy atom. The largest absolute Gasteiger partial charge is 0.478 e. The number of carbonyl (C=O) groups excluding carboxylic acids is 1. The van der Waals surface area contributed by atoms with Crippen LogP contribution in [0.1, 0.15) is 20.7 Å². The quantitative estimate of drug-likeness (QED) is 0.574. The molecule has 2 aromatic carbocycles. The van der Waals surface area contributed by atoms with Crippen LogP contribution in [0.4, 0.5) is 11.4 Å². The normalized spacial score (nSPS) is 9.82. The van der Waals surface area contributed by atoms with Gasteiger partial charge in [-0.1, -0.05) is 24.3 Å². The summed E-state index contributed by atoms with van der Waals surface area (Å²) in [7, 11) is 0. The second-order valence-corrected chi connectivity index (χ2v) is 4.20. The molecule has 0 saturated carbocycles. The molecule has 22 heavy (non-hydrogen) atoms. The van der Waals surface area contributed by atoms with E-state index in [0.29, 0.717) is 0 Å². The van der Waals surface area contributed by atoms with Crippen LogP contribution < -0.4 is 10.9 Å². The highest BCUT2D eigenvalue weighted by Crippen LogP contribution is 2.22. The standard InChI is InChI=1S/C14H11N3O5/c18-13(9-5-1-2-6-10(9)14(19)20)16-15-11-7-3-4-8-12(11)17(21)22/h1-8,15H,(H,16,18)(H,19,20). The maximum absolute atomic E-state index is 12.0. The first-order valence-electron chi connectivity index (χ1n) is 6.13. The van der Waals surface area contributed by atoms with Gasteiger partial charge in [0.1, 0.15) is 5.69 Å². The molecule has 0 saturated heterocycles. The fraction of sp³-hybridized carbons (Fsp3) is 0. The molecule has 2 rings (SSSR count). The number of amides is 1. The Hall–Kier alpha value is -3.42. The summed E-state index contributed by atoms with van der Waals surface area (Å²) in [6.07, 6.45) is 0. The van der Waals surface area contributed by atoms with E-state index in [1.807, 2.05) is 0 Å². The SMILES string of the molecule is O=C(O)c1ccccc1C(=O)NNc1ccccc1[N+](=O)[O-]. The number of anilines is 1. The van der Waals surface area contributed by atoms with Crippen molar-refractivity contribution in [1.29, 1.82) is 0 Å². The van der Waals surface area contributed by atoms with Gasteiger partial charge in [0.05, 0.1) is 16.1 Å². The zero-order chi connectivity index (χ0) is 16.1. The molecule has 0 radical (unpaired) electrons. The lowest BCUT2D eigenvalue weighted by Gasteiger charge is -2.10. The average molecular weight is 301 g/mol. The Labute approximate surface area is 124 Å². The molecule has 0 fully saturated rings. The number of hydrogen-bond donors (Lipinski definition) is 3. The van der Waals surface area contributed by atoms with Crippen LogP contribution in [0.15, 0.2) is 48.5 Å². The number of hydrazine groups is 1. The zero-order valence-electron chi connectivity index (χ0n) is 11.1. The smallest absolute Gasteiger partial charge is 0.336 e. The van der Waals surface area contributed by atoms with E-state index in [-0.39, 0.29) is 22.5 Å². The molecule has 3 N–H and O–H groups in total. The van der Waals surface area contributed by atoms with Crippen molar-refractivity contribution in [3.05, 3.63) is 69.8 Å². The molecule has 0 unspecified atom stereocenters. The number of carboxylic acid groups (broad SMARTS) is 1. The average Bonchev–Trinajstić information content (AvgIpc) is 2.52. The van der Waals surface area contributed by atoms with Crippen molar-refractivity contribution in [3.8, 4) is 0 Å². The minimum atomic E-state index is -1.24. The third-order valence-electron chi connectivity index (χ3n) is 2.81. The van der Waals surface area contributed by atoms with E-state index in [4.69, 9.17) is 5.11 Å². The van der Waals surface area contributed by atoms with Crippen LogP contribution >= 0.6 is 0 Å². The summed E-state index contributed by atoms with van der Waals surface area (Å²) in [5, 5.41) is 19.9. The van der Waals surface area contributed by atoms with Gasteiger partial charge in [-0.25, -0.2) is 4.79 Å². The lowest BCUT2D eigenvalue weighted by atomic mass is 10.1. The molecule has 8 heteroatoms. The summed E-state index contributed by atoms with van der Waals surface area (Å²) in [4.78, 5) is 33.3. The molecular weight excluding hydrogens is 290 g/mol. The van der Waals surface area contributed by atoms with Crippen molar-refractivity contribution in [2.45, 2.75) is 0 Å². The topological polar surface area (TPSA) is 122 Å². The van der Waals surface area contributed by atoms with Gasteiger partial charge in [-0.2, -0.15) is 0 Å². The molecule has 8 nitrogen and oxygen atoms in total. The summed E-state index contributed by atoms with van der Waals surface area (Å²) in [6.45, 7) is 0. The summed E-state index contributed by atoms with van der Waals surface area (Å²) < 4.78 is 0. The molecular formula is C14H11N3O5. The Morgan fingerprint density at radius 2 is 1.59 bits per heavy atom. The minimum absolute atomic E-state index is 0.0546. The maximum atomic E-state index is 12.0. The van der Waals surface area contributed by atoms with E-state index in [0.717, 1.165) is 0 Å². The van der Waals surface area contributed by atoms with Gasteiger partial charge in [0, 0.05) is 6.07 Å². The number of benzene rings is 2. The van der Waals surface area contributed by atoms with E-state index in [1.165, 1.54) is 42.5 Å². The molecule has 0 aliphatic heterocycles. The molecule has 112 valence electrons. The van der Waals surface area contributed by atoms with E-state index in [2.05, 4.69) is 10.9 Å². The number of nitro groups is 1. The minimum Gasteiger partial charge on any atom is -0.478 e. The van der Waals surface area contributed by atoms with Crippen LogP contribution in [-0.4, -0.2) is 21.9 Å². The van der Waals surface area contributed by atoms with Gasteiger partial charge in [0.15, 0.2) is 0 Å². The summed E-state index contributed by atoms with van der Waals surface area (Å²) in [5.41, 5.74) is 4.33. The summed E-state index contributed by atoms with van der Waals surface area (Å²) in [6, 6.07) is 11.4. The first-order valence-corrected chi connectivity index (χ1v) is 6.13. The second kappa shape index (κ2) is 6.35. The summed E-state index contributed by atoms with van der Waals surface area (Å²) in [5.74, 6) is -1.95. The highest BCUT2D eigenvalue weighted by atomic mass is 16.6. The first kappa shape index (κ1) is 15.0. The number of rotatable bonds is 5. The molecule has 0 atom stereocenters. The maximum Gasteiger partial charge on any atom is 0.336 e. The van der Waals surface area contributed by atoms with Gasteiger partial charge in [-0.05, 0) is 18.2 Å². The highest BCUT2D eigenvalue weighted by molar-refractivity contribution is 6.05. The number of para-hydroxylation sites is 2. The van der Waals surface area contributed by atoms with E-state index >= 15 is 0 Å². The predicted molar refractivity (Wildman–Crippen MR) is 77.6 cm³/mol. The predicted octanol–water partition coefficient (Wildman–Crippen LogP) is 2.05. The second-order valence-electron chi connectivity index (χ2n) is 4.20. The van der Waals surface area contributed by atoms with Gasteiger partial charge in [0.2, 0.25) is 0 Å². The Balaban J connectivity index is 2.18. The van der Waals surface area contributed by atoms with E-state index in [1.54, 1.807) is 6.07 Å². The zero-order valence-corrected chi connectivity index (χ0v) is 11.1. The van der Waals surface area contributed by atoms with Gasteiger partial charge >= 0.3 is 5.97 Å². The van der Waals surface area contributed by atoms with Gasteiger partial charge in [-0.15, -0.1) is 0 Å². The molecule has 0 heterocycles. The Bertz CT molecular complexity index is 745. The van der Waals surface area contributed by atoms with Gasteiger partial charge < -0.3 is 5.11 Å². The van der Waals surface area contributed by atoms with Crippen molar-refractivity contribution in [3.63, 3.8) is 0 Å². The van der Waals surface area contributed by atoms with E-state index in [9.17, 15) is 19.7 Å². The Kier molecular flexibility index (Phi) is 4.33. The summed E-state index contributed by atoms with van der Waals surface area (Å²) >= 11 is 0. The molecule has 1 amide bonds. The van der Waals surface area contributed by atoms with Gasteiger partial charge in [0.25, 0.3) is 11.6 Å². The van der Waals surface area contributed by atoms with Crippen LogP contribution in [0.3, 0.4) is 0 Å².